The molecule has 0 aliphatic rings. The SMILES string of the molecule is COc1ccc(Br)cc1NC(=S)NN. The highest BCUT2D eigenvalue weighted by Gasteiger charge is 2.04. The first-order valence-electron chi connectivity index (χ1n) is 3.78. The summed E-state index contributed by atoms with van der Waals surface area (Å²) in [6, 6.07) is 5.55. The molecule has 6 heteroatoms. The van der Waals surface area contributed by atoms with Crippen molar-refractivity contribution in [2.45, 2.75) is 0 Å². The summed E-state index contributed by atoms with van der Waals surface area (Å²) in [6.45, 7) is 0. The first-order valence-corrected chi connectivity index (χ1v) is 4.98. The van der Waals surface area contributed by atoms with Crippen molar-refractivity contribution in [1.29, 1.82) is 0 Å². The van der Waals surface area contributed by atoms with Crippen molar-refractivity contribution in [2.24, 2.45) is 5.84 Å². The highest BCUT2D eigenvalue weighted by molar-refractivity contribution is 9.10. The molecule has 0 saturated carbocycles. The lowest BCUT2D eigenvalue weighted by molar-refractivity contribution is 0.417. The van der Waals surface area contributed by atoms with Gasteiger partial charge in [-0.25, -0.2) is 5.84 Å². The summed E-state index contributed by atoms with van der Waals surface area (Å²) in [6.07, 6.45) is 0. The summed E-state index contributed by atoms with van der Waals surface area (Å²) >= 11 is 8.22. The van der Waals surface area contributed by atoms with E-state index in [-0.39, 0.29) is 0 Å². The van der Waals surface area contributed by atoms with E-state index in [2.05, 4.69) is 26.7 Å². The molecule has 0 spiro atoms. The molecule has 0 aliphatic heterocycles. The summed E-state index contributed by atoms with van der Waals surface area (Å²) in [4.78, 5) is 0. The molecule has 1 aromatic rings. The molecular weight excluding hydrogens is 266 g/mol. The molecule has 0 atom stereocenters. The van der Waals surface area contributed by atoms with E-state index in [0.717, 1.165) is 10.2 Å². The molecule has 0 aliphatic carbocycles. The molecule has 14 heavy (non-hydrogen) atoms. The number of rotatable bonds is 2. The van der Waals surface area contributed by atoms with Gasteiger partial charge in [0.05, 0.1) is 12.8 Å². The number of hydrogen-bond donors (Lipinski definition) is 3. The third-order valence-electron chi connectivity index (χ3n) is 1.54. The second-order valence-corrected chi connectivity index (χ2v) is 3.77. The molecule has 0 aromatic heterocycles. The topological polar surface area (TPSA) is 59.3 Å². The number of benzene rings is 1. The minimum absolute atomic E-state index is 0.335. The van der Waals surface area contributed by atoms with Crippen LogP contribution in [-0.4, -0.2) is 12.2 Å². The Morgan fingerprint density at radius 1 is 1.57 bits per heavy atom. The Hall–Kier alpha value is -0.850. The van der Waals surface area contributed by atoms with Crippen molar-refractivity contribution in [2.75, 3.05) is 12.4 Å². The van der Waals surface area contributed by atoms with Crippen LogP contribution in [-0.2, 0) is 0 Å². The molecule has 0 unspecified atom stereocenters. The number of thiocarbonyl (C=S) groups is 1. The Morgan fingerprint density at radius 3 is 2.86 bits per heavy atom. The van der Waals surface area contributed by atoms with Gasteiger partial charge in [0.15, 0.2) is 5.11 Å². The van der Waals surface area contributed by atoms with Gasteiger partial charge >= 0.3 is 0 Å². The Kier molecular flexibility index (Phi) is 4.12. The number of anilines is 1. The van der Waals surface area contributed by atoms with Gasteiger partial charge in [-0.1, -0.05) is 15.9 Å². The minimum atomic E-state index is 0.335. The van der Waals surface area contributed by atoms with Gasteiger partial charge in [0.2, 0.25) is 0 Å². The molecule has 76 valence electrons. The van der Waals surface area contributed by atoms with E-state index in [0.29, 0.717) is 10.9 Å². The summed E-state index contributed by atoms with van der Waals surface area (Å²) < 4.78 is 6.07. The van der Waals surface area contributed by atoms with Crippen LogP contribution in [0.25, 0.3) is 0 Å². The quantitative estimate of drug-likeness (QED) is 0.435. The van der Waals surface area contributed by atoms with Crippen LogP contribution in [0.4, 0.5) is 5.69 Å². The van der Waals surface area contributed by atoms with Crippen LogP contribution in [0.5, 0.6) is 5.75 Å². The molecule has 0 saturated heterocycles. The van der Waals surface area contributed by atoms with Crippen molar-refractivity contribution < 1.29 is 4.74 Å². The molecule has 1 rings (SSSR count). The third-order valence-corrected chi connectivity index (χ3v) is 2.25. The van der Waals surface area contributed by atoms with Crippen molar-refractivity contribution in [3.05, 3.63) is 22.7 Å². The predicted molar refractivity (Wildman–Crippen MR) is 64.2 cm³/mol. The second-order valence-electron chi connectivity index (χ2n) is 2.44. The Balaban J connectivity index is 2.93. The lowest BCUT2D eigenvalue weighted by atomic mass is 10.3. The highest BCUT2D eigenvalue weighted by Crippen LogP contribution is 2.27. The van der Waals surface area contributed by atoms with Gasteiger partial charge in [-0.15, -0.1) is 0 Å². The van der Waals surface area contributed by atoms with Gasteiger partial charge in [0, 0.05) is 4.47 Å². The largest absolute Gasteiger partial charge is 0.495 e. The van der Waals surface area contributed by atoms with Crippen molar-refractivity contribution in [1.82, 2.24) is 5.43 Å². The van der Waals surface area contributed by atoms with Crippen molar-refractivity contribution in [3.8, 4) is 5.75 Å². The minimum Gasteiger partial charge on any atom is -0.495 e. The first-order chi connectivity index (χ1) is 6.67. The maximum atomic E-state index is 5.14. The number of hydrazine groups is 1. The van der Waals surface area contributed by atoms with E-state index in [1.165, 1.54) is 0 Å². The summed E-state index contributed by atoms with van der Waals surface area (Å²) in [7, 11) is 1.59. The number of methoxy groups -OCH3 is 1. The van der Waals surface area contributed by atoms with E-state index in [4.69, 9.17) is 22.8 Å². The zero-order valence-corrected chi connectivity index (χ0v) is 9.91. The van der Waals surface area contributed by atoms with Crippen molar-refractivity contribution in [3.63, 3.8) is 0 Å². The Bertz CT molecular complexity index is 345. The normalized spacial score (nSPS) is 9.36. The Labute approximate surface area is 95.9 Å². The number of halogens is 1. The van der Waals surface area contributed by atoms with E-state index in [1.807, 2.05) is 18.2 Å². The van der Waals surface area contributed by atoms with Crippen molar-refractivity contribution >= 4 is 38.9 Å². The number of hydrogen-bond acceptors (Lipinski definition) is 3. The average Bonchev–Trinajstić information content (AvgIpc) is 2.18. The zero-order chi connectivity index (χ0) is 10.6. The maximum absolute atomic E-state index is 5.14. The highest BCUT2D eigenvalue weighted by atomic mass is 79.9. The van der Waals surface area contributed by atoms with Gasteiger partial charge in [-0.05, 0) is 30.4 Å². The van der Waals surface area contributed by atoms with Gasteiger partial charge in [-0.2, -0.15) is 0 Å². The first kappa shape index (κ1) is 11.2. The standard InChI is InChI=1S/C8H10BrN3OS/c1-13-7-3-2-5(9)4-6(7)11-8(14)12-10/h2-4H,10H2,1H3,(H2,11,12,14). The fourth-order valence-electron chi connectivity index (χ4n) is 0.936. The molecule has 0 fully saturated rings. The van der Waals surface area contributed by atoms with Crippen LogP contribution in [0.15, 0.2) is 22.7 Å². The lowest BCUT2D eigenvalue weighted by Crippen LogP contribution is -2.34. The van der Waals surface area contributed by atoms with Gasteiger partial charge in [0.25, 0.3) is 0 Å². The summed E-state index contributed by atoms with van der Waals surface area (Å²) in [5, 5.41) is 3.23. The van der Waals surface area contributed by atoms with Crippen LogP contribution < -0.4 is 21.3 Å². The second kappa shape index (κ2) is 5.14. The maximum Gasteiger partial charge on any atom is 0.185 e. The fraction of sp³-hybridized carbons (Fsp3) is 0.125. The Morgan fingerprint density at radius 2 is 2.29 bits per heavy atom. The summed E-state index contributed by atoms with van der Waals surface area (Å²) in [5.74, 6) is 5.84. The molecule has 0 heterocycles. The number of nitrogens with two attached hydrogens (primary N) is 1. The molecule has 1 aromatic carbocycles. The fourth-order valence-corrected chi connectivity index (χ4v) is 1.41. The van der Waals surface area contributed by atoms with Crippen LogP contribution in [0, 0.1) is 0 Å². The molecule has 4 N–H and O–H groups in total. The third kappa shape index (κ3) is 2.83. The smallest absolute Gasteiger partial charge is 0.185 e. The van der Waals surface area contributed by atoms with Gasteiger partial charge in [0.1, 0.15) is 5.75 Å². The lowest BCUT2D eigenvalue weighted by Gasteiger charge is -2.11. The summed E-state index contributed by atoms with van der Waals surface area (Å²) in [5.41, 5.74) is 3.09. The molecule has 0 amide bonds. The van der Waals surface area contributed by atoms with E-state index >= 15 is 0 Å². The van der Waals surface area contributed by atoms with Gasteiger partial charge in [-0.3, -0.25) is 0 Å². The van der Waals surface area contributed by atoms with Crippen LogP contribution in [0.1, 0.15) is 0 Å². The van der Waals surface area contributed by atoms with Crippen LogP contribution in [0.3, 0.4) is 0 Å². The van der Waals surface area contributed by atoms with Crippen LogP contribution in [0.2, 0.25) is 0 Å². The van der Waals surface area contributed by atoms with Gasteiger partial charge < -0.3 is 15.5 Å². The zero-order valence-electron chi connectivity index (χ0n) is 7.50. The van der Waals surface area contributed by atoms with E-state index in [1.54, 1.807) is 7.11 Å². The average molecular weight is 276 g/mol. The monoisotopic (exact) mass is 275 g/mol. The number of ether oxygens (including phenoxy) is 1. The molecule has 0 bridgehead atoms. The van der Waals surface area contributed by atoms with Crippen LogP contribution >= 0.6 is 28.1 Å². The van der Waals surface area contributed by atoms with E-state index in [9.17, 15) is 0 Å². The molecule has 4 nitrogen and oxygen atoms in total. The van der Waals surface area contributed by atoms with E-state index < -0.39 is 0 Å². The predicted octanol–water partition coefficient (Wildman–Crippen LogP) is 1.62. The molecule has 0 radical (unpaired) electrons. The number of nitrogens with one attached hydrogen (secondary N) is 2. The molecular formula is C8H10BrN3OS.